The predicted octanol–water partition coefficient (Wildman–Crippen LogP) is 3.36. The smallest absolute Gasteiger partial charge is 0.0587 e. The summed E-state index contributed by atoms with van der Waals surface area (Å²) in [7, 11) is 1.74. The first-order valence-electron chi connectivity index (χ1n) is 8.17. The van der Waals surface area contributed by atoms with Crippen LogP contribution < -0.4 is 10.2 Å². The Morgan fingerprint density at radius 1 is 1.29 bits per heavy atom. The number of nitrogens with zero attached hydrogens (tertiary/aromatic N) is 1. The van der Waals surface area contributed by atoms with Gasteiger partial charge >= 0.3 is 0 Å². The Kier molecular flexibility index (Phi) is 6.07. The zero-order valence-corrected chi connectivity index (χ0v) is 14.0. The van der Waals surface area contributed by atoms with E-state index in [4.69, 9.17) is 4.74 Å². The molecule has 0 bridgehead atoms. The van der Waals surface area contributed by atoms with E-state index in [2.05, 4.69) is 49.2 Å². The number of ether oxygens (including phenoxy) is 1. The molecule has 3 heteroatoms. The summed E-state index contributed by atoms with van der Waals surface area (Å²) in [6, 6.07) is 7.54. The first-order valence-corrected chi connectivity index (χ1v) is 8.17. The number of methoxy groups -OCH3 is 1. The van der Waals surface area contributed by atoms with Gasteiger partial charge in [0.15, 0.2) is 0 Å². The SMILES string of the molecule is COCCNCc1ccc(N2CC(C)CCC2C)c(C)c1. The van der Waals surface area contributed by atoms with Gasteiger partial charge in [0.05, 0.1) is 6.61 Å². The molecule has 2 atom stereocenters. The number of nitrogens with one attached hydrogen (secondary N) is 1. The Hall–Kier alpha value is -1.06. The lowest BCUT2D eigenvalue weighted by Gasteiger charge is -2.39. The molecule has 1 N–H and O–H groups in total. The quantitative estimate of drug-likeness (QED) is 0.813. The number of anilines is 1. The molecule has 1 aliphatic rings. The molecule has 1 saturated heterocycles. The molecule has 0 aliphatic carbocycles. The fourth-order valence-corrected chi connectivity index (χ4v) is 3.18. The largest absolute Gasteiger partial charge is 0.383 e. The fourth-order valence-electron chi connectivity index (χ4n) is 3.18. The van der Waals surface area contributed by atoms with Crippen LogP contribution in [0.3, 0.4) is 0 Å². The van der Waals surface area contributed by atoms with E-state index >= 15 is 0 Å². The van der Waals surface area contributed by atoms with Crippen molar-refractivity contribution in [2.45, 2.75) is 46.2 Å². The molecule has 1 aromatic carbocycles. The summed E-state index contributed by atoms with van der Waals surface area (Å²) in [5.74, 6) is 0.802. The van der Waals surface area contributed by atoms with Gasteiger partial charge in [-0.3, -0.25) is 0 Å². The lowest BCUT2D eigenvalue weighted by Crippen LogP contribution is -2.41. The van der Waals surface area contributed by atoms with Crippen LogP contribution in [0.5, 0.6) is 0 Å². The molecule has 1 heterocycles. The highest BCUT2D eigenvalue weighted by Crippen LogP contribution is 2.30. The Bertz CT molecular complexity index is 447. The molecule has 3 nitrogen and oxygen atoms in total. The molecule has 1 fully saturated rings. The van der Waals surface area contributed by atoms with Crippen molar-refractivity contribution in [3.63, 3.8) is 0 Å². The van der Waals surface area contributed by atoms with Crippen LogP contribution in [0.25, 0.3) is 0 Å². The summed E-state index contributed by atoms with van der Waals surface area (Å²) in [6.45, 7) is 10.7. The van der Waals surface area contributed by atoms with Gasteiger partial charge in [-0.2, -0.15) is 0 Å². The van der Waals surface area contributed by atoms with E-state index in [1.165, 1.54) is 36.2 Å². The molecule has 0 aromatic heterocycles. The minimum atomic E-state index is 0.658. The van der Waals surface area contributed by atoms with Crippen molar-refractivity contribution in [2.24, 2.45) is 5.92 Å². The lowest BCUT2D eigenvalue weighted by molar-refractivity contribution is 0.199. The zero-order valence-electron chi connectivity index (χ0n) is 14.0. The Labute approximate surface area is 129 Å². The molecule has 0 saturated carbocycles. The third-order valence-corrected chi connectivity index (χ3v) is 4.50. The molecule has 2 unspecified atom stereocenters. The number of piperidine rings is 1. The van der Waals surface area contributed by atoms with E-state index in [-0.39, 0.29) is 0 Å². The maximum Gasteiger partial charge on any atom is 0.0587 e. The molecular formula is C18H30N2O. The highest BCUT2D eigenvalue weighted by Gasteiger charge is 2.23. The van der Waals surface area contributed by atoms with E-state index in [0.29, 0.717) is 6.04 Å². The molecular weight excluding hydrogens is 260 g/mol. The van der Waals surface area contributed by atoms with E-state index < -0.39 is 0 Å². The van der Waals surface area contributed by atoms with Gasteiger partial charge in [0, 0.05) is 38.5 Å². The molecule has 118 valence electrons. The number of benzene rings is 1. The Balaban J connectivity index is 2.01. The van der Waals surface area contributed by atoms with Crippen LogP contribution in [-0.4, -0.2) is 32.8 Å². The monoisotopic (exact) mass is 290 g/mol. The van der Waals surface area contributed by atoms with Gasteiger partial charge in [-0.15, -0.1) is 0 Å². The first-order chi connectivity index (χ1) is 10.1. The molecule has 21 heavy (non-hydrogen) atoms. The van der Waals surface area contributed by atoms with Gasteiger partial charge in [0.2, 0.25) is 0 Å². The second-order valence-electron chi connectivity index (χ2n) is 6.47. The number of hydrogen-bond donors (Lipinski definition) is 1. The van der Waals surface area contributed by atoms with Crippen molar-refractivity contribution in [3.8, 4) is 0 Å². The van der Waals surface area contributed by atoms with Crippen molar-refractivity contribution in [1.82, 2.24) is 5.32 Å². The predicted molar refractivity (Wildman–Crippen MR) is 90.0 cm³/mol. The lowest BCUT2D eigenvalue weighted by atomic mass is 9.93. The highest BCUT2D eigenvalue weighted by molar-refractivity contribution is 5.55. The van der Waals surface area contributed by atoms with Gasteiger partial charge in [0.1, 0.15) is 0 Å². The summed E-state index contributed by atoms with van der Waals surface area (Å²) in [6.07, 6.45) is 2.67. The first kappa shape index (κ1) is 16.3. The van der Waals surface area contributed by atoms with E-state index in [1.807, 2.05) is 0 Å². The van der Waals surface area contributed by atoms with Gasteiger partial charge < -0.3 is 15.0 Å². The van der Waals surface area contributed by atoms with E-state index in [9.17, 15) is 0 Å². The van der Waals surface area contributed by atoms with Gasteiger partial charge in [-0.1, -0.05) is 19.1 Å². The minimum absolute atomic E-state index is 0.658. The number of aryl methyl sites for hydroxylation is 1. The van der Waals surface area contributed by atoms with Crippen molar-refractivity contribution in [1.29, 1.82) is 0 Å². The summed E-state index contributed by atoms with van der Waals surface area (Å²) in [4.78, 5) is 2.59. The molecule has 0 amide bonds. The number of rotatable bonds is 6. The van der Waals surface area contributed by atoms with Crippen LogP contribution in [-0.2, 0) is 11.3 Å². The normalized spacial score (nSPS) is 22.6. The minimum Gasteiger partial charge on any atom is -0.383 e. The van der Waals surface area contributed by atoms with Gasteiger partial charge in [-0.05, 0) is 49.8 Å². The summed E-state index contributed by atoms with van der Waals surface area (Å²) >= 11 is 0. The Morgan fingerprint density at radius 2 is 2.10 bits per heavy atom. The van der Waals surface area contributed by atoms with E-state index in [1.54, 1.807) is 7.11 Å². The van der Waals surface area contributed by atoms with Crippen LogP contribution in [0.1, 0.15) is 37.8 Å². The second kappa shape index (κ2) is 7.81. The van der Waals surface area contributed by atoms with Crippen molar-refractivity contribution < 1.29 is 4.74 Å². The van der Waals surface area contributed by atoms with E-state index in [0.717, 1.165) is 25.6 Å². The third kappa shape index (κ3) is 4.45. The molecule has 0 spiro atoms. The average Bonchev–Trinajstić information content (AvgIpc) is 2.47. The molecule has 1 aliphatic heterocycles. The zero-order chi connectivity index (χ0) is 15.2. The van der Waals surface area contributed by atoms with Crippen LogP contribution in [0, 0.1) is 12.8 Å². The summed E-state index contributed by atoms with van der Waals surface area (Å²) in [5, 5.41) is 3.41. The van der Waals surface area contributed by atoms with Gasteiger partial charge in [0.25, 0.3) is 0 Å². The van der Waals surface area contributed by atoms with Crippen LogP contribution in [0.15, 0.2) is 18.2 Å². The third-order valence-electron chi connectivity index (χ3n) is 4.50. The fraction of sp³-hybridized carbons (Fsp3) is 0.667. The van der Waals surface area contributed by atoms with Gasteiger partial charge in [-0.25, -0.2) is 0 Å². The number of hydrogen-bond acceptors (Lipinski definition) is 3. The second-order valence-corrected chi connectivity index (χ2v) is 6.47. The topological polar surface area (TPSA) is 24.5 Å². The Morgan fingerprint density at radius 3 is 2.81 bits per heavy atom. The summed E-state index contributed by atoms with van der Waals surface area (Å²) in [5.41, 5.74) is 4.15. The van der Waals surface area contributed by atoms with Crippen LogP contribution >= 0.6 is 0 Å². The molecule has 2 rings (SSSR count). The van der Waals surface area contributed by atoms with Crippen molar-refractivity contribution in [3.05, 3.63) is 29.3 Å². The van der Waals surface area contributed by atoms with Crippen LogP contribution in [0.4, 0.5) is 5.69 Å². The summed E-state index contributed by atoms with van der Waals surface area (Å²) < 4.78 is 5.05. The molecule has 1 aromatic rings. The maximum atomic E-state index is 5.05. The van der Waals surface area contributed by atoms with Crippen LogP contribution in [0.2, 0.25) is 0 Å². The average molecular weight is 290 g/mol. The molecule has 0 radical (unpaired) electrons. The standard InChI is InChI=1S/C18H30N2O/c1-14-5-6-16(3)20(13-14)18-8-7-17(11-15(18)2)12-19-9-10-21-4/h7-8,11,14,16,19H,5-6,9-10,12-13H2,1-4H3. The highest BCUT2D eigenvalue weighted by atomic mass is 16.5. The van der Waals surface area contributed by atoms with Crippen molar-refractivity contribution >= 4 is 5.69 Å². The van der Waals surface area contributed by atoms with Crippen molar-refractivity contribution in [2.75, 3.05) is 31.7 Å². The maximum absolute atomic E-state index is 5.05.